The minimum Gasteiger partial charge on any atom is -0.303 e. The Balaban J connectivity index is 2.38. The normalized spacial score (nSPS) is 22.5. The van der Waals surface area contributed by atoms with Crippen LogP contribution in [0.3, 0.4) is 0 Å². The molecule has 0 aromatic heterocycles. The van der Waals surface area contributed by atoms with Crippen molar-refractivity contribution < 1.29 is 4.79 Å². The van der Waals surface area contributed by atoms with Gasteiger partial charge in [-0.2, -0.15) is 0 Å². The van der Waals surface area contributed by atoms with Crippen LogP contribution < -0.4 is 0 Å². The number of aldehydes is 1. The molecule has 0 saturated carbocycles. The van der Waals surface area contributed by atoms with Gasteiger partial charge in [0, 0.05) is 6.42 Å². The van der Waals surface area contributed by atoms with Crippen LogP contribution in [0.1, 0.15) is 51.9 Å². The number of unbranched alkanes of at least 4 members (excludes halogenated alkanes) is 1. The maximum Gasteiger partial charge on any atom is 0.120 e. The highest BCUT2D eigenvalue weighted by Crippen LogP contribution is 2.27. The number of carbonyl (C=O) groups is 1. The Kier molecular flexibility index (Phi) is 4.81. The molecule has 0 aliphatic heterocycles. The zero-order chi connectivity index (χ0) is 9.52. The van der Waals surface area contributed by atoms with Crippen molar-refractivity contribution >= 4 is 6.29 Å². The lowest BCUT2D eigenvalue weighted by Crippen LogP contribution is -2.05. The summed E-state index contributed by atoms with van der Waals surface area (Å²) in [5, 5.41) is 0. The topological polar surface area (TPSA) is 17.1 Å². The third kappa shape index (κ3) is 3.75. The molecule has 1 unspecified atom stereocenters. The standard InChI is InChI=1S/C12H20O/c1-2-3-5-11-6-4-7-12(10-11)8-9-13/h9-10,12H,2-8H2,1H3. The zero-order valence-electron chi connectivity index (χ0n) is 8.59. The predicted molar refractivity (Wildman–Crippen MR) is 55.6 cm³/mol. The van der Waals surface area contributed by atoms with Gasteiger partial charge in [-0.15, -0.1) is 0 Å². The first-order valence-electron chi connectivity index (χ1n) is 5.50. The molecule has 0 spiro atoms. The molecule has 0 fully saturated rings. The monoisotopic (exact) mass is 180 g/mol. The molecular formula is C12H20O. The minimum atomic E-state index is 0.554. The van der Waals surface area contributed by atoms with Crippen molar-refractivity contribution in [2.24, 2.45) is 5.92 Å². The average Bonchev–Trinajstić information content (AvgIpc) is 2.16. The second-order valence-electron chi connectivity index (χ2n) is 3.98. The van der Waals surface area contributed by atoms with Gasteiger partial charge in [-0.25, -0.2) is 0 Å². The van der Waals surface area contributed by atoms with Crippen LogP contribution in [0, 0.1) is 5.92 Å². The summed E-state index contributed by atoms with van der Waals surface area (Å²) >= 11 is 0. The molecule has 1 atom stereocenters. The van der Waals surface area contributed by atoms with E-state index in [0.29, 0.717) is 5.92 Å². The number of hydrogen-bond acceptors (Lipinski definition) is 1. The highest BCUT2D eigenvalue weighted by atomic mass is 16.1. The summed E-state index contributed by atoms with van der Waals surface area (Å²) in [5.74, 6) is 0.554. The summed E-state index contributed by atoms with van der Waals surface area (Å²) in [6, 6.07) is 0. The number of allylic oxidation sites excluding steroid dienone is 2. The van der Waals surface area contributed by atoms with Crippen LogP contribution in [-0.4, -0.2) is 6.29 Å². The van der Waals surface area contributed by atoms with Gasteiger partial charge in [0.1, 0.15) is 6.29 Å². The summed E-state index contributed by atoms with van der Waals surface area (Å²) in [5.41, 5.74) is 1.60. The van der Waals surface area contributed by atoms with Crippen molar-refractivity contribution in [1.29, 1.82) is 0 Å². The maximum absolute atomic E-state index is 10.4. The van der Waals surface area contributed by atoms with E-state index >= 15 is 0 Å². The van der Waals surface area contributed by atoms with Gasteiger partial charge in [-0.05, 0) is 38.0 Å². The summed E-state index contributed by atoms with van der Waals surface area (Å²) in [6.45, 7) is 2.23. The molecule has 1 rings (SSSR count). The molecule has 13 heavy (non-hydrogen) atoms. The Morgan fingerprint density at radius 3 is 3.15 bits per heavy atom. The van der Waals surface area contributed by atoms with E-state index in [1.165, 1.54) is 38.5 Å². The van der Waals surface area contributed by atoms with Crippen molar-refractivity contribution in [2.45, 2.75) is 51.9 Å². The molecular weight excluding hydrogens is 160 g/mol. The molecule has 0 heterocycles. The Morgan fingerprint density at radius 1 is 1.62 bits per heavy atom. The van der Waals surface area contributed by atoms with Crippen LogP contribution in [0.25, 0.3) is 0 Å². The van der Waals surface area contributed by atoms with E-state index in [9.17, 15) is 4.79 Å². The third-order valence-electron chi connectivity index (χ3n) is 2.79. The first kappa shape index (κ1) is 10.5. The van der Waals surface area contributed by atoms with Crippen LogP contribution in [-0.2, 0) is 4.79 Å². The highest BCUT2D eigenvalue weighted by Gasteiger charge is 2.12. The average molecular weight is 180 g/mol. The van der Waals surface area contributed by atoms with E-state index in [0.717, 1.165) is 12.7 Å². The summed E-state index contributed by atoms with van der Waals surface area (Å²) in [6.07, 6.45) is 11.8. The SMILES string of the molecule is CCCCC1=CC(CC=O)CCC1. The molecule has 0 N–H and O–H groups in total. The van der Waals surface area contributed by atoms with Crippen LogP contribution in [0.15, 0.2) is 11.6 Å². The van der Waals surface area contributed by atoms with Gasteiger partial charge in [0.2, 0.25) is 0 Å². The van der Waals surface area contributed by atoms with Crippen LogP contribution >= 0.6 is 0 Å². The van der Waals surface area contributed by atoms with Gasteiger partial charge in [0.05, 0.1) is 0 Å². The first-order valence-corrected chi connectivity index (χ1v) is 5.50. The fraction of sp³-hybridized carbons (Fsp3) is 0.750. The van der Waals surface area contributed by atoms with Crippen LogP contribution in [0.2, 0.25) is 0 Å². The summed E-state index contributed by atoms with van der Waals surface area (Å²) in [4.78, 5) is 10.4. The predicted octanol–water partition coefficient (Wildman–Crippen LogP) is 3.49. The fourth-order valence-electron chi connectivity index (χ4n) is 2.01. The second-order valence-corrected chi connectivity index (χ2v) is 3.98. The van der Waals surface area contributed by atoms with Crippen LogP contribution in [0.5, 0.6) is 0 Å². The highest BCUT2D eigenvalue weighted by molar-refractivity contribution is 5.50. The van der Waals surface area contributed by atoms with Crippen molar-refractivity contribution in [3.63, 3.8) is 0 Å². The minimum absolute atomic E-state index is 0.554. The number of carbonyl (C=O) groups excluding carboxylic acids is 1. The Bertz CT molecular complexity index is 182. The molecule has 0 aromatic rings. The summed E-state index contributed by atoms with van der Waals surface area (Å²) < 4.78 is 0. The van der Waals surface area contributed by atoms with Crippen molar-refractivity contribution in [1.82, 2.24) is 0 Å². The maximum atomic E-state index is 10.4. The molecule has 0 aromatic carbocycles. The number of hydrogen-bond donors (Lipinski definition) is 0. The lowest BCUT2D eigenvalue weighted by Gasteiger charge is -2.19. The Hall–Kier alpha value is -0.590. The second kappa shape index (κ2) is 5.95. The van der Waals surface area contributed by atoms with E-state index < -0.39 is 0 Å². The van der Waals surface area contributed by atoms with Crippen molar-refractivity contribution in [3.05, 3.63) is 11.6 Å². The van der Waals surface area contributed by atoms with E-state index in [-0.39, 0.29) is 0 Å². The lowest BCUT2D eigenvalue weighted by atomic mass is 9.87. The van der Waals surface area contributed by atoms with Crippen molar-refractivity contribution in [3.8, 4) is 0 Å². The third-order valence-corrected chi connectivity index (χ3v) is 2.79. The van der Waals surface area contributed by atoms with E-state index in [1.54, 1.807) is 5.57 Å². The fourth-order valence-corrected chi connectivity index (χ4v) is 2.01. The smallest absolute Gasteiger partial charge is 0.120 e. The molecule has 0 radical (unpaired) electrons. The molecule has 1 heteroatoms. The summed E-state index contributed by atoms with van der Waals surface area (Å²) in [7, 11) is 0. The van der Waals surface area contributed by atoms with Gasteiger partial charge >= 0.3 is 0 Å². The Labute approximate surface area is 81.2 Å². The van der Waals surface area contributed by atoms with Gasteiger partial charge in [-0.3, -0.25) is 0 Å². The van der Waals surface area contributed by atoms with Gasteiger partial charge in [0.15, 0.2) is 0 Å². The van der Waals surface area contributed by atoms with Gasteiger partial charge in [0.25, 0.3) is 0 Å². The van der Waals surface area contributed by atoms with Crippen LogP contribution in [0.4, 0.5) is 0 Å². The van der Waals surface area contributed by atoms with E-state index in [1.807, 2.05) is 0 Å². The van der Waals surface area contributed by atoms with Gasteiger partial charge < -0.3 is 4.79 Å². The van der Waals surface area contributed by atoms with E-state index in [4.69, 9.17) is 0 Å². The zero-order valence-corrected chi connectivity index (χ0v) is 8.59. The molecule has 1 aliphatic carbocycles. The molecule has 1 aliphatic rings. The van der Waals surface area contributed by atoms with E-state index in [2.05, 4.69) is 13.0 Å². The largest absolute Gasteiger partial charge is 0.303 e. The van der Waals surface area contributed by atoms with Gasteiger partial charge in [-0.1, -0.05) is 25.0 Å². The number of rotatable bonds is 5. The first-order chi connectivity index (χ1) is 6.36. The Morgan fingerprint density at radius 2 is 2.46 bits per heavy atom. The van der Waals surface area contributed by atoms with Crippen molar-refractivity contribution in [2.75, 3.05) is 0 Å². The molecule has 1 nitrogen and oxygen atoms in total. The molecule has 0 bridgehead atoms. The lowest BCUT2D eigenvalue weighted by molar-refractivity contribution is -0.108. The molecule has 74 valence electrons. The quantitative estimate of drug-likeness (QED) is 0.467. The molecule has 0 amide bonds. The molecule has 0 saturated heterocycles.